The molecule has 1 aromatic rings. The number of halogens is 1. The molecule has 1 aromatic carbocycles. The van der Waals surface area contributed by atoms with Crippen LogP contribution in [0, 0.1) is 0 Å². The van der Waals surface area contributed by atoms with Gasteiger partial charge in [-0.2, -0.15) is 0 Å². The van der Waals surface area contributed by atoms with Crippen LogP contribution in [-0.2, 0) is 4.79 Å². The Morgan fingerprint density at radius 1 is 1.15 bits per heavy atom. The molecule has 3 rings (SSSR count). The molecule has 1 atom stereocenters. The van der Waals surface area contributed by atoms with E-state index in [0.29, 0.717) is 0 Å². The quantitative estimate of drug-likeness (QED) is 0.752. The van der Waals surface area contributed by atoms with Crippen LogP contribution in [-0.4, -0.2) is 24.7 Å². The van der Waals surface area contributed by atoms with Crippen molar-refractivity contribution >= 4 is 18.3 Å². The Labute approximate surface area is 168 Å². The van der Waals surface area contributed by atoms with Crippen molar-refractivity contribution in [2.24, 2.45) is 5.73 Å². The molecule has 2 fully saturated rings. The Bertz CT molecular complexity index is 626. The number of ether oxygens (including phenoxy) is 2. The Balaban J connectivity index is 0.00000261. The van der Waals surface area contributed by atoms with E-state index in [9.17, 15) is 4.79 Å². The minimum Gasteiger partial charge on any atom is -0.493 e. The predicted octanol–water partition coefficient (Wildman–Crippen LogP) is 4.28. The highest BCUT2D eigenvalue weighted by Crippen LogP contribution is 2.34. The van der Waals surface area contributed by atoms with E-state index in [-0.39, 0.29) is 30.5 Å². The molecule has 3 N–H and O–H groups in total. The summed E-state index contributed by atoms with van der Waals surface area (Å²) in [7, 11) is 1.65. The number of nitrogens with two attached hydrogens (primary N) is 1. The molecule has 0 aromatic heterocycles. The van der Waals surface area contributed by atoms with Gasteiger partial charge in [-0.25, -0.2) is 0 Å². The summed E-state index contributed by atoms with van der Waals surface area (Å²) in [4.78, 5) is 12.7. The Morgan fingerprint density at radius 3 is 2.44 bits per heavy atom. The van der Waals surface area contributed by atoms with Crippen LogP contribution in [0.2, 0.25) is 0 Å². The van der Waals surface area contributed by atoms with Crippen LogP contribution < -0.4 is 20.5 Å². The summed E-state index contributed by atoms with van der Waals surface area (Å²) in [6.07, 6.45) is 9.72. The molecule has 1 unspecified atom stereocenters. The van der Waals surface area contributed by atoms with Gasteiger partial charge in [0.15, 0.2) is 11.5 Å². The lowest BCUT2D eigenvalue weighted by atomic mass is 9.81. The maximum atomic E-state index is 12.7. The first kappa shape index (κ1) is 21.8. The number of carbonyl (C=O) groups is 1. The molecule has 0 heterocycles. The van der Waals surface area contributed by atoms with E-state index in [1.54, 1.807) is 7.11 Å². The molecule has 2 saturated carbocycles. The largest absolute Gasteiger partial charge is 0.493 e. The standard InChI is InChI=1S/C21H32N2O3.ClH/c1-15(23-20(24)21(22)12-6-3-7-13-21)16-10-11-18(19(14-16)25-2)26-17-8-4-5-9-17;/h10-11,14-15,17H,3-9,12-13,22H2,1-2H3,(H,23,24);1H. The lowest BCUT2D eigenvalue weighted by Gasteiger charge is -2.33. The second-order valence-corrected chi connectivity index (χ2v) is 7.85. The van der Waals surface area contributed by atoms with Crippen LogP contribution >= 0.6 is 12.4 Å². The number of benzene rings is 1. The molecule has 0 bridgehead atoms. The third-order valence-electron chi connectivity index (χ3n) is 5.83. The summed E-state index contributed by atoms with van der Waals surface area (Å²) < 4.78 is 11.6. The zero-order valence-corrected chi connectivity index (χ0v) is 17.3. The molecule has 0 spiro atoms. The van der Waals surface area contributed by atoms with Gasteiger partial charge in [0.05, 0.1) is 24.8 Å². The second-order valence-electron chi connectivity index (χ2n) is 7.85. The van der Waals surface area contributed by atoms with E-state index in [1.807, 2.05) is 25.1 Å². The van der Waals surface area contributed by atoms with Gasteiger partial charge in [0.25, 0.3) is 0 Å². The number of nitrogens with one attached hydrogen (secondary N) is 1. The molecule has 27 heavy (non-hydrogen) atoms. The molecule has 5 nitrogen and oxygen atoms in total. The summed E-state index contributed by atoms with van der Waals surface area (Å²) in [5, 5.41) is 3.09. The van der Waals surface area contributed by atoms with Crippen molar-refractivity contribution in [1.29, 1.82) is 0 Å². The normalized spacial score (nSPS) is 20.4. The van der Waals surface area contributed by atoms with Crippen LogP contribution in [0.4, 0.5) is 0 Å². The van der Waals surface area contributed by atoms with Gasteiger partial charge in [0.1, 0.15) is 0 Å². The van der Waals surface area contributed by atoms with E-state index >= 15 is 0 Å². The van der Waals surface area contributed by atoms with Gasteiger partial charge in [0.2, 0.25) is 5.91 Å². The average Bonchev–Trinajstić information content (AvgIpc) is 3.15. The molecule has 152 valence electrons. The number of methoxy groups -OCH3 is 1. The van der Waals surface area contributed by atoms with E-state index in [4.69, 9.17) is 15.2 Å². The van der Waals surface area contributed by atoms with Gasteiger partial charge in [-0.05, 0) is 63.1 Å². The number of hydrogen-bond acceptors (Lipinski definition) is 4. The fraction of sp³-hybridized carbons (Fsp3) is 0.667. The highest BCUT2D eigenvalue weighted by atomic mass is 35.5. The minimum atomic E-state index is -0.720. The van der Waals surface area contributed by atoms with Crippen molar-refractivity contribution in [2.45, 2.75) is 82.4 Å². The summed E-state index contributed by atoms with van der Waals surface area (Å²) in [5.74, 6) is 1.45. The first-order valence-corrected chi connectivity index (χ1v) is 9.96. The summed E-state index contributed by atoms with van der Waals surface area (Å²) >= 11 is 0. The van der Waals surface area contributed by atoms with Crippen molar-refractivity contribution in [2.75, 3.05) is 7.11 Å². The summed E-state index contributed by atoms with van der Waals surface area (Å²) in [6, 6.07) is 5.79. The molecule has 0 radical (unpaired) electrons. The third-order valence-corrected chi connectivity index (χ3v) is 5.83. The Kier molecular flexibility index (Phi) is 7.80. The third kappa shape index (κ3) is 5.29. The van der Waals surface area contributed by atoms with Gasteiger partial charge >= 0.3 is 0 Å². The van der Waals surface area contributed by atoms with Gasteiger partial charge in [-0.1, -0.05) is 25.3 Å². The highest BCUT2D eigenvalue weighted by Gasteiger charge is 2.35. The van der Waals surface area contributed by atoms with E-state index < -0.39 is 5.54 Å². The van der Waals surface area contributed by atoms with Crippen LogP contribution in [0.25, 0.3) is 0 Å². The molecule has 2 aliphatic carbocycles. The minimum absolute atomic E-state index is 0. The molecule has 0 aliphatic heterocycles. The number of carbonyl (C=O) groups excluding carboxylic acids is 1. The zero-order valence-electron chi connectivity index (χ0n) is 16.5. The summed E-state index contributed by atoms with van der Waals surface area (Å²) in [6.45, 7) is 1.98. The van der Waals surface area contributed by atoms with Crippen molar-refractivity contribution < 1.29 is 14.3 Å². The fourth-order valence-electron chi connectivity index (χ4n) is 4.07. The van der Waals surface area contributed by atoms with E-state index in [2.05, 4.69) is 5.32 Å². The smallest absolute Gasteiger partial charge is 0.240 e. The van der Waals surface area contributed by atoms with Crippen molar-refractivity contribution in [3.63, 3.8) is 0 Å². The molecule has 2 aliphatic rings. The maximum absolute atomic E-state index is 12.7. The van der Waals surface area contributed by atoms with E-state index in [1.165, 1.54) is 19.3 Å². The van der Waals surface area contributed by atoms with Crippen molar-refractivity contribution in [1.82, 2.24) is 5.32 Å². The number of amides is 1. The predicted molar refractivity (Wildman–Crippen MR) is 110 cm³/mol. The molecular weight excluding hydrogens is 364 g/mol. The highest BCUT2D eigenvalue weighted by molar-refractivity contribution is 5.86. The van der Waals surface area contributed by atoms with Crippen molar-refractivity contribution in [3.8, 4) is 11.5 Å². The van der Waals surface area contributed by atoms with Gasteiger partial charge < -0.3 is 20.5 Å². The van der Waals surface area contributed by atoms with Crippen LogP contribution in [0.15, 0.2) is 18.2 Å². The first-order chi connectivity index (χ1) is 12.5. The fourth-order valence-corrected chi connectivity index (χ4v) is 4.07. The van der Waals surface area contributed by atoms with Gasteiger partial charge in [-0.3, -0.25) is 4.79 Å². The van der Waals surface area contributed by atoms with Crippen LogP contribution in [0.5, 0.6) is 11.5 Å². The van der Waals surface area contributed by atoms with Gasteiger partial charge in [-0.15, -0.1) is 12.4 Å². The van der Waals surface area contributed by atoms with Crippen molar-refractivity contribution in [3.05, 3.63) is 23.8 Å². The Morgan fingerprint density at radius 2 is 1.81 bits per heavy atom. The lowest BCUT2D eigenvalue weighted by Crippen LogP contribution is -2.55. The van der Waals surface area contributed by atoms with Crippen LogP contribution in [0.3, 0.4) is 0 Å². The molecule has 1 amide bonds. The Hall–Kier alpha value is -1.46. The molecular formula is C21H33ClN2O3. The lowest BCUT2D eigenvalue weighted by molar-refractivity contribution is -0.128. The summed E-state index contributed by atoms with van der Waals surface area (Å²) in [5.41, 5.74) is 6.62. The SMILES string of the molecule is COc1cc(C(C)NC(=O)C2(N)CCCCC2)ccc1OC1CCCC1.Cl. The second kappa shape index (κ2) is 9.65. The topological polar surface area (TPSA) is 73.6 Å². The maximum Gasteiger partial charge on any atom is 0.240 e. The molecule has 6 heteroatoms. The monoisotopic (exact) mass is 396 g/mol. The average molecular weight is 397 g/mol. The van der Waals surface area contributed by atoms with Gasteiger partial charge in [0, 0.05) is 0 Å². The van der Waals surface area contributed by atoms with Crippen LogP contribution in [0.1, 0.15) is 76.3 Å². The number of rotatable bonds is 6. The van der Waals surface area contributed by atoms with E-state index in [0.717, 1.165) is 55.6 Å². The molecule has 0 saturated heterocycles. The number of hydrogen-bond donors (Lipinski definition) is 2. The first-order valence-electron chi connectivity index (χ1n) is 9.96. The zero-order chi connectivity index (χ0) is 18.6.